The van der Waals surface area contributed by atoms with Crippen LogP contribution in [0.25, 0.3) is 22.6 Å². The molecule has 0 aliphatic rings. The second-order valence-electron chi connectivity index (χ2n) is 5.37. The van der Waals surface area contributed by atoms with Gasteiger partial charge in [-0.2, -0.15) is 5.26 Å². The van der Waals surface area contributed by atoms with E-state index in [4.69, 9.17) is 17.3 Å². The van der Waals surface area contributed by atoms with Crippen LogP contribution in [0.15, 0.2) is 54.7 Å². The zero-order valence-electron chi connectivity index (χ0n) is 12.7. The summed E-state index contributed by atoms with van der Waals surface area (Å²) in [5.41, 5.74) is 8.38. The molecule has 1 heterocycles. The Bertz CT molecular complexity index is 978. The number of hydrogen-bond acceptors (Lipinski definition) is 2. The molecule has 3 rings (SSSR count). The number of nitrogens with zero attached hydrogens (tertiary/aromatic N) is 2. The van der Waals surface area contributed by atoms with E-state index in [9.17, 15) is 10.1 Å². The Kier molecular flexibility index (Phi) is 4.37. The average Bonchev–Trinajstić information content (AvgIpc) is 2.91. The molecule has 1 amide bonds. The van der Waals surface area contributed by atoms with Crippen LogP contribution in [0.3, 0.4) is 0 Å². The monoisotopic (exact) mass is 335 g/mol. The first-order valence-corrected chi connectivity index (χ1v) is 7.70. The van der Waals surface area contributed by atoms with E-state index in [-0.39, 0.29) is 6.54 Å². The Hall–Kier alpha value is -3.03. The van der Waals surface area contributed by atoms with Gasteiger partial charge in [0.2, 0.25) is 5.91 Å². The van der Waals surface area contributed by atoms with Crippen molar-refractivity contribution in [2.24, 2.45) is 5.73 Å². The zero-order chi connectivity index (χ0) is 17.1. The fraction of sp³-hybridized carbons (Fsp3) is 0.0526. The number of halogens is 1. The van der Waals surface area contributed by atoms with Crippen molar-refractivity contribution in [3.05, 3.63) is 70.9 Å². The van der Waals surface area contributed by atoms with Gasteiger partial charge in [-0.05, 0) is 29.8 Å². The van der Waals surface area contributed by atoms with Gasteiger partial charge >= 0.3 is 0 Å². The molecule has 2 aromatic carbocycles. The molecule has 5 heteroatoms. The lowest BCUT2D eigenvalue weighted by molar-refractivity contribution is -0.118. The first-order chi connectivity index (χ1) is 11.6. The minimum absolute atomic E-state index is 0.0944. The van der Waals surface area contributed by atoms with E-state index in [2.05, 4.69) is 6.07 Å². The number of fused-ring (bicyclic) bond motifs is 1. The molecule has 0 saturated heterocycles. The van der Waals surface area contributed by atoms with E-state index in [1.54, 1.807) is 28.8 Å². The van der Waals surface area contributed by atoms with E-state index < -0.39 is 5.91 Å². The maximum Gasteiger partial charge on any atom is 0.237 e. The Balaban J connectivity index is 2.13. The highest BCUT2D eigenvalue weighted by molar-refractivity contribution is 6.30. The van der Waals surface area contributed by atoms with Gasteiger partial charge in [-0.15, -0.1) is 0 Å². The van der Waals surface area contributed by atoms with Gasteiger partial charge < -0.3 is 10.3 Å². The number of allylic oxidation sites excluding steroid dienone is 1. The van der Waals surface area contributed by atoms with Crippen molar-refractivity contribution in [1.82, 2.24) is 4.57 Å². The molecule has 24 heavy (non-hydrogen) atoms. The van der Waals surface area contributed by atoms with Crippen molar-refractivity contribution >= 4 is 40.1 Å². The van der Waals surface area contributed by atoms with Gasteiger partial charge in [-0.25, -0.2) is 0 Å². The molecule has 0 unspecified atom stereocenters. The Labute approximate surface area is 144 Å². The number of nitrogens with two attached hydrogens (primary N) is 1. The lowest BCUT2D eigenvalue weighted by Gasteiger charge is -2.00. The fourth-order valence-corrected chi connectivity index (χ4v) is 2.78. The number of primary amides is 1. The number of benzene rings is 2. The Morgan fingerprint density at radius 1 is 1.21 bits per heavy atom. The van der Waals surface area contributed by atoms with Crippen LogP contribution in [-0.2, 0) is 11.3 Å². The maximum atomic E-state index is 11.3. The average molecular weight is 336 g/mol. The highest BCUT2D eigenvalue weighted by Crippen LogP contribution is 2.26. The predicted octanol–water partition coefficient (Wildman–Crippen LogP) is 3.84. The van der Waals surface area contributed by atoms with Gasteiger partial charge in [-0.1, -0.05) is 41.9 Å². The minimum Gasteiger partial charge on any atom is -0.368 e. The van der Waals surface area contributed by atoms with Crippen molar-refractivity contribution in [2.75, 3.05) is 0 Å². The van der Waals surface area contributed by atoms with E-state index in [1.807, 2.05) is 36.5 Å². The third-order valence-electron chi connectivity index (χ3n) is 3.72. The number of carbonyl (C=O) groups is 1. The molecule has 3 aromatic rings. The largest absolute Gasteiger partial charge is 0.368 e. The zero-order valence-corrected chi connectivity index (χ0v) is 13.5. The minimum atomic E-state index is -0.413. The van der Waals surface area contributed by atoms with Crippen LogP contribution in [-0.4, -0.2) is 10.5 Å². The SMILES string of the molecule is N#CC(=Cc1cn(CC(N)=O)c2ccccc12)c1ccc(Cl)cc1. The summed E-state index contributed by atoms with van der Waals surface area (Å²) in [6.45, 7) is 0.0944. The van der Waals surface area contributed by atoms with Crippen LogP contribution < -0.4 is 5.73 Å². The Morgan fingerprint density at radius 2 is 1.92 bits per heavy atom. The number of amides is 1. The van der Waals surface area contributed by atoms with Crippen LogP contribution >= 0.6 is 11.6 Å². The standard InChI is InChI=1S/C19H14ClN3O/c20-16-7-5-13(6-8-16)14(10-21)9-15-11-23(12-19(22)24)18-4-2-1-3-17(15)18/h1-9,11H,12H2,(H2,22,24). The summed E-state index contributed by atoms with van der Waals surface area (Å²) in [4.78, 5) is 11.3. The summed E-state index contributed by atoms with van der Waals surface area (Å²) in [5, 5.41) is 11.1. The normalized spacial score (nSPS) is 11.4. The molecule has 1 aromatic heterocycles. The van der Waals surface area contributed by atoms with Crippen molar-refractivity contribution in [3.63, 3.8) is 0 Å². The van der Waals surface area contributed by atoms with Crippen LogP contribution in [0.4, 0.5) is 0 Å². The summed E-state index contributed by atoms with van der Waals surface area (Å²) in [5.74, 6) is -0.413. The third-order valence-corrected chi connectivity index (χ3v) is 3.97. The molecular formula is C19H14ClN3O. The van der Waals surface area contributed by atoms with E-state index in [0.717, 1.165) is 22.0 Å². The maximum absolute atomic E-state index is 11.3. The number of nitriles is 1. The molecule has 0 spiro atoms. The van der Waals surface area contributed by atoms with Crippen LogP contribution in [0.5, 0.6) is 0 Å². The van der Waals surface area contributed by atoms with Gasteiger partial charge in [0.25, 0.3) is 0 Å². The topological polar surface area (TPSA) is 71.8 Å². The lowest BCUT2D eigenvalue weighted by Crippen LogP contribution is -2.17. The highest BCUT2D eigenvalue weighted by Gasteiger charge is 2.10. The first kappa shape index (κ1) is 15.9. The summed E-state index contributed by atoms with van der Waals surface area (Å²) < 4.78 is 1.79. The molecule has 2 N–H and O–H groups in total. The second kappa shape index (κ2) is 6.61. The number of rotatable bonds is 4. The van der Waals surface area contributed by atoms with E-state index in [1.165, 1.54) is 0 Å². The second-order valence-corrected chi connectivity index (χ2v) is 5.81. The molecule has 0 bridgehead atoms. The lowest BCUT2D eigenvalue weighted by atomic mass is 10.0. The van der Waals surface area contributed by atoms with Crippen molar-refractivity contribution in [1.29, 1.82) is 5.26 Å². The summed E-state index contributed by atoms with van der Waals surface area (Å²) in [6, 6.07) is 17.0. The van der Waals surface area contributed by atoms with Crippen LogP contribution in [0, 0.1) is 11.3 Å². The number of hydrogen-bond donors (Lipinski definition) is 1. The van der Waals surface area contributed by atoms with Crippen LogP contribution in [0.2, 0.25) is 5.02 Å². The molecule has 0 aliphatic heterocycles. The molecule has 0 saturated carbocycles. The van der Waals surface area contributed by atoms with Gasteiger partial charge in [0.05, 0.1) is 11.6 Å². The summed E-state index contributed by atoms with van der Waals surface area (Å²) in [6.07, 6.45) is 3.64. The number of aromatic nitrogens is 1. The molecule has 0 fully saturated rings. The summed E-state index contributed by atoms with van der Waals surface area (Å²) >= 11 is 5.90. The van der Waals surface area contributed by atoms with Gasteiger partial charge in [0, 0.05) is 27.7 Å². The fourth-order valence-electron chi connectivity index (χ4n) is 2.65. The smallest absolute Gasteiger partial charge is 0.237 e. The van der Waals surface area contributed by atoms with Crippen LogP contribution in [0.1, 0.15) is 11.1 Å². The molecule has 118 valence electrons. The van der Waals surface area contributed by atoms with Gasteiger partial charge in [0.15, 0.2) is 0 Å². The Morgan fingerprint density at radius 3 is 2.58 bits per heavy atom. The molecular weight excluding hydrogens is 322 g/mol. The van der Waals surface area contributed by atoms with E-state index in [0.29, 0.717) is 10.6 Å². The third kappa shape index (κ3) is 3.17. The van der Waals surface area contributed by atoms with Crippen molar-refractivity contribution in [3.8, 4) is 6.07 Å². The predicted molar refractivity (Wildman–Crippen MR) is 96.1 cm³/mol. The summed E-state index contributed by atoms with van der Waals surface area (Å²) in [7, 11) is 0. The first-order valence-electron chi connectivity index (χ1n) is 7.32. The van der Waals surface area contributed by atoms with Crippen molar-refractivity contribution < 1.29 is 4.79 Å². The van der Waals surface area contributed by atoms with Crippen molar-refractivity contribution in [2.45, 2.75) is 6.54 Å². The molecule has 4 nitrogen and oxygen atoms in total. The number of para-hydroxylation sites is 1. The van der Waals surface area contributed by atoms with Gasteiger partial charge in [0.1, 0.15) is 6.54 Å². The molecule has 0 aliphatic carbocycles. The quantitative estimate of drug-likeness (QED) is 0.736. The number of carbonyl (C=O) groups excluding carboxylic acids is 1. The van der Waals surface area contributed by atoms with E-state index >= 15 is 0 Å². The highest BCUT2D eigenvalue weighted by atomic mass is 35.5. The molecule has 0 radical (unpaired) electrons. The van der Waals surface area contributed by atoms with Gasteiger partial charge in [-0.3, -0.25) is 4.79 Å². The molecule has 0 atom stereocenters.